The standard InChI is InChI=1S/C16H15F2N3O4S.ClH/c17-16(18)15-8-10-1-6-14(7-11(10)9-19-15)26(24,25)20-12-2-4-13(5-3-12)21(22)23;/h1-7,15-16,19-20H,8-9H2;1H. The Labute approximate surface area is 160 Å². The van der Waals surface area contributed by atoms with Crippen LogP contribution >= 0.6 is 12.4 Å². The van der Waals surface area contributed by atoms with Crippen LogP contribution in [-0.2, 0) is 23.0 Å². The van der Waals surface area contributed by atoms with Crippen LogP contribution in [0.3, 0.4) is 0 Å². The van der Waals surface area contributed by atoms with Crippen molar-refractivity contribution in [2.75, 3.05) is 4.72 Å². The fourth-order valence-corrected chi connectivity index (χ4v) is 3.84. The average molecular weight is 420 g/mol. The zero-order valence-corrected chi connectivity index (χ0v) is 15.4. The van der Waals surface area contributed by atoms with Crippen LogP contribution < -0.4 is 10.0 Å². The molecule has 7 nitrogen and oxygen atoms in total. The second-order valence-corrected chi connectivity index (χ2v) is 7.55. The van der Waals surface area contributed by atoms with Gasteiger partial charge in [0.05, 0.1) is 15.9 Å². The van der Waals surface area contributed by atoms with Crippen LogP contribution in [0.4, 0.5) is 20.2 Å². The SMILES string of the molecule is Cl.O=[N+]([O-])c1ccc(NS(=O)(=O)c2ccc3c(c2)CNC(C(F)F)C3)cc1. The highest BCUT2D eigenvalue weighted by Gasteiger charge is 2.26. The monoisotopic (exact) mass is 419 g/mol. The van der Waals surface area contributed by atoms with Gasteiger partial charge >= 0.3 is 0 Å². The number of hydrogen-bond acceptors (Lipinski definition) is 5. The van der Waals surface area contributed by atoms with Crippen LogP contribution in [0.5, 0.6) is 0 Å². The lowest BCUT2D eigenvalue weighted by atomic mass is 9.96. The zero-order valence-electron chi connectivity index (χ0n) is 13.8. The summed E-state index contributed by atoms with van der Waals surface area (Å²) in [6.45, 7) is 0.158. The topological polar surface area (TPSA) is 101 Å². The largest absolute Gasteiger partial charge is 0.304 e. The number of nitrogens with one attached hydrogen (secondary N) is 2. The van der Waals surface area contributed by atoms with Gasteiger partial charge in [0.2, 0.25) is 0 Å². The van der Waals surface area contributed by atoms with E-state index in [0.29, 0.717) is 11.1 Å². The lowest BCUT2D eigenvalue weighted by Crippen LogP contribution is -2.40. The maximum absolute atomic E-state index is 12.8. The number of halogens is 3. The molecule has 146 valence electrons. The van der Waals surface area contributed by atoms with E-state index in [0.717, 1.165) is 0 Å². The molecule has 0 saturated carbocycles. The Hall–Kier alpha value is -2.30. The molecule has 0 spiro atoms. The predicted octanol–water partition coefficient (Wildman–Crippen LogP) is 3.10. The molecule has 1 aliphatic rings. The summed E-state index contributed by atoms with van der Waals surface area (Å²) in [5.74, 6) is 0. The van der Waals surface area contributed by atoms with Crippen molar-refractivity contribution in [1.29, 1.82) is 0 Å². The lowest BCUT2D eigenvalue weighted by molar-refractivity contribution is -0.384. The molecule has 3 rings (SSSR count). The van der Waals surface area contributed by atoms with Gasteiger partial charge in [0, 0.05) is 24.4 Å². The van der Waals surface area contributed by atoms with Crippen molar-refractivity contribution in [3.05, 3.63) is 63.7 Å². The van der Waals surface area contributed by atoms with Crippen LogP contribution in [0.15, 0.2) is 47.4 Å². The van der Waals surface area contributed by atoms with Gasteiger partial charge in [-0.05, 0) is 41.8 Å². The molecule has 1 aliphatic heterocycles. The van der Waals surface area contributed by atoms with E-state index in [2.05, 4.69) is 10.0 Å². The minimum absolute atomic E-state index is 0. The van der Waals surface area contributed by atoms with Crippen molar-refractivity contribution >= 4 is 33.8 Å². The van der Waals surface area contributed by atoms with E-state index < -0.39 is 27.4 Å². The van der Waals surface area contributed by atoms with Crippen molar-refractivity contribution < 1.29 is 22.1 Å². The average Bonchev–Trinajstić information content (AvgIpc) is 2.60. The fourth-order valence-electron chi connectivity index (χ4n) is 2.73. The number of nitro groups is 1. The predicted molar refractivity (Wildman–Crippen MR) is 97.9 cm³/mol. The highest BCUT2D eigenvalue weighted by atomic mass is 35.5. The Balaban J connectivity index is 0.00000261. The quantitative estimate of drug-likeness (QED) is 0.572. The molecule has 1 unspecified atom stereocenters. The summed E-state index contributed by atoms with van der Waals surface area (Å²) < 4.78 is 52.9. The van der Waals surface area contributed by atoms with E-state index >= 15 is 0 Å². The van der Waals surface area contributed by atoms with E-state index in [-0.39, 0.29) is 41.6 Å². The molecule has 0 amide bonds. The van der Waals surface area contributed by atoms with Crippen LogP contribution in [0.2, 0.25) is 0 Å². The summed E-state index contributed by atoms with van der Waals surface area (Å²) in [7, 11) is -3.91. The number of nitro benzene ring substituents is 1. The number of non-ortho nitro benzene ring substituents is 1. The van der Waals surface area contributed by atoms with E-state index in [1.807, 2.05) is 0 Å². The van der Waals surface area contributed by atoms with E-state index in [9.17, 15) is 27.3 Å². The summed E-state index contributed by atoms with van der Waals surface area (Å²) in [6.07, 6.45) is -2.36. The summed E-state index contributed by atoms with van der Waals surface area (Å²) in [4.78, 5) is 10.0. The Bertz CT molecular complexity index is 939. The Kier molecular flexibility index (Phi) is 6.34. The van der Waals surface area contributed by atoms with E-state index in [1.165, 1.54) is 42.5 Å². The molecule has 0 aliphatic carbocycles. The number of nitrogens with zero attached hydrogens (tertiary/aromatic N) is 1. The summed E-state index contributed by atoms with van der Waals surface area (Å²) in [6, 6.07) is 8.38. The summed E-state index contributed by atoms with van der Waals surface area (Å²) in [5.41, 5.74) is 1.36. The van der Waals surface area contributed by atoms with Crippen LogP contribution in [-0.4, -0.2) is 25.8 Å². The number of fused-ring (bicyclic) bond motifs is 1. The van der Waals surface area contributed by atoms with Crippen molar-refractivity contribution in [3.8, 4) is 0 Å². The first-order valence-corrected chi connectivity index (χ1v) is 9.15. The first kappa shape index (κ1) is 21.0. The van der Waals surface area contributed by atoms with Gasteiger partial charge in [-0.25, -0.2) is 17.2 Å². The second-order valence-electron chi connectivity index (χ2n) is 5.87. The third-order valence-electron chi connectivity index (χ3n) is 4.12. The second kappa shape index (κ2) is 8.15. The minimum Gasteiger partial charge on any atom is -0.304 e. The smallest absolute Gasteiger partial charge is 0.269 e. The van der Waals surface area contributed by atoms with Gasteiger partial charge in [-0.15, -0.1) is 12.4 Å². The molecule has 2 aromatic rings. The fraction of sp³-hybridized carbons (Fsp3) is 0.250. The maximum Gasteiger partial charge on any atom is 0.269 e. The van der Waals surface area contributed by atoms with E-state index in [1.54, 1.807) is 0 Å². The molecular weight excluding hydrogens is 404 g/mol. The lowest BCUT2D eigenvalue weighted by Gasteiger charge is -2.26. The molecule has 2 N–H and O–H groups in total. The number of anilines is 1. The highest BCUT2D eigenvalue weighted by molar-refractivity contribution is 7.92. The van der Waals surface area contributed by atoms with Gasteiger partial charge < -0.3 is 5.32 Å². The molecule has 1 heterocycles. The molecule has 27 heavy (non-hydrogen) atoms. The number of alkyl halides is 2. The number of sulfonamides is 1. The third kappa shape index (κ3) is 4.71. The van der Waals surface area contributed by atoms with Gasteiger partial charge in [0.25, 0.3) is 22.1 Å². The molecule has 0 aromatic heterocycles. The first-order chi connectivity index (χ1) is 12.3. The van der Waals surface area contributed by atoms with Gasteiger partial charge in [-0.3, -0.25) is 14.8 Å². The van der Waals surface area contributed by atoms with Gasteiger partial charge in [-0.2, -0.15) is 0 Å². The van der Waals surface area contributed by atoms with Crippen LogP contribution in [0, 0.1) is 10.1 Å². The van der Waals surface area contributed by atoms with Crippen molar-refractivity contribution in [2.45, 2.75) is 30.3 Å². The van der Waals surface area contributed by atoms with Gasteiger partial charge in [0.1, 0.15) is 0 Å². The first-order valence-electron chi connectivity index (χ1n) is 7.67. The molecular formula is C16H16ClF2N3O4S. The molecule has 1 atom stereocenters. The number of benzene rings is 2. The maximum atomic E-state index is 12.8. The Morgan fingerprint density at radius 1 is 1.15 bits per heavy atom. The van der Waals surface area contributed by atoms with Crippen LogP contribution in [0.25, 0.3) is 0 Å². The normalized spacial score (nSPS) is 16.3. The number of hydrogen-bond donors (Lipinski definition) is 2. The number of rotatable bonds is 5. The molecule has 0 saturated heterocycles. The summed E-state index contributed by atoms with van der Waals surface area (Å²) >= 11 is 0. The van der Waals surface area contributed by atoms with Gasteiger partial charge in [0.15, 0.2) is 0 Å². The third-order valence-corrected chi connectivity index (χ3v) is 5.50. The van der Waals surface area contributed by atoms with Crippen LogP contribution in [0.1, 0.15) is 11.1 Å². The van der Waals surface area contributed by atoms with Crippen molar-refractivity contribution in [3.63, 3.8) is 0 Å². The Morgan fingerprint density at radius 2 is 1.81 bits per heavy atom. The van der Waals surface area contributed by atoms with Gasteiger partial charge in [-0.1, -0.05) is 6.07 Å². The molecule has 2 aromatic carbocycles. The Morgan fingerprint density at radius 3 is 2.41 bits per heavy atom. The molecule has 0 radical (unpaired) electrons. The van der Waals surface area contributed by atoms with Crippen molar-refractivity contribution in [1.82, 2.24) is 5.32 Å². The van der Waals surface area contributed by atoms with E-state index in [4.69, 9.17) is 0 Å². The molecule has 11 heteroatoms. The molecule has 0 fully saturated rings. The highest BCUT2D eigenvalue weighted by Crippen LogP contribution is 2.25. The minimum atomic E-state index is -3.91. The van der Waals surface area contributed by atoms with Crippen molar-refractivity contribution in [2.24, 2.45) is 0 Å². The zero-order chi connectivity index (χ0) is 18.9. The molecule has 0 bridgehead atoms. The summed E-state index contributed by atoms with van der Waals surface area (Å²) in [5, 5.41) is 13.3.